The van der Waals surface area contributed by atoms with Crippen LogP contribution in [0, 0.1) is 6.92 Å². The quantitative estimate of drug-likeness (QED) is 0.290. The number of thioether (sulfide) groups is 1. The fraction of sp³-hybridized carbons (Fsp3) is 0.154. The van der Waals surface area contributed by atoms with Crippen LogP contribution in [0.4, 0.5) is 5.69 Å². The highest BCUT2D eigenvalue weighted by Gasteiger charge is 2.36. The Morgan fingerprint density at radius 3 is 2.18 bits per heavy atom. The van der Waals surface area contributed by atoms with Crippen LogP contribution in [0.5, 0.6) is 0 Å². The van der Waals surface area contributed by atoms with Crippen molar-refractivity contribution in [2.75, 3.05) is 4.90 Å². The van der Waals surface area contributed by atoms with Gasteiger partial charge in [-0.2, -0.15) is 0 Å². The summed E-state index contributed by atoms with van der Waals surface area (Å²) in [6.45, 7) is 4.89. The van der Waals surface area contributed by atoms with E-state index < -0.39 is 0 Å². The van der Waals surface area contributed by atoms with Gasteiger partial charge in [0.2, 0.25) is 0 Å². The van der Waals surface area contributed by atoms with Gasteiger partial charge in [0, 0.05) is 17.9 Å². The molecule has 0 saturated carbocycles. The zero-order chi connectivity index (χ0) is 22.9. The van der Waals surface area contributed by atoms with E-state index in [2.05, 4.69) is 52.9 Å². The van der Waals surface area contributed by atoms with E-state index in [1.165, 1.54) is 16.0 Å². The molecule has 0 N–H and O–H groups in total. The fourth-order valence-electron chi connectivity index (χ4n) is 4.03. The topological polar surface area (TPSA) is 68.1 Å². The van der Waals surface area contributed by atoms with Gasteiger partial charge in [0.15, 0.2) is 11.0 Å². The molecule has 6 nitrogen and oxygen atoms in total. The number of carbonyl (C=O) groups excluding carboxylic acids is 2. The van der Waals surface area contributed by atoms with Crippen LogP contribution < -0.4 is 4.90 Å². The molecule has 0 fully saturated rings. The fourth-order valence-corrected chi connectivity index (χ4v) is 4.97. The number of nitrogens with zero attached hydrogens (tertiary/aromatic N) is 4. The average Bonchev–Trinajstić information content (AvgIpc) is 3.36. The highest BCUT2D eigenvalue weighted by Crippen LogP contribution is 2.31. The van der Waals surface area contributed by atoms with Crippen molar-refractivity contribution >= 4 is 29.3 Å². The number of anilines is 1. The van der Waals surface area contributed by atoms with E-state index in [1.54, 1.807) is 48.2 Å². The van der Waals surface area contributed by atoms with Crippen LogP contribution in [-0.2, 0) is 12.3 Å². The largest absolute Gasteiger partial charge is 0.302 e. The summed E-state index contributed by atoms with van der Waals surface area (Å²) in [7, 11) is 0. The van der Waals surface area contributed by atoms with Crippen LogP contribution in [0.3, 0.4) is 0 Å². The first-order valence-corrected chi connectivity index (χ1v) is 11.7. The Balaban J connectivity index is 1.38. The number of hydrogen-bond donors (Lipinski definition) is 0. The van der Waals surface area contributed by atoms with Gasteiger partial charge in [-0.15, -0.1) is 10.2 Å². The van der Waals surface area contributed by atoms with Crippen molar-refractivity contribution in [3.63, 3.8) is 0 Å². The maximum absolute atomic E-state index is 12.8. The van der Waals surface area contributed by atoms with Crippen molar-refractivity contribution in [1.82, 2.24) is 14.8 Å². The lowest BCUT2D eigenvalue weighted by molar-refractivity contribution is 0.0926. The normalized spacial score (nSPS) is 13.0. The molecule has 1 aromatic heterocycles. The van der Waals surface area contributed by atoms with Gasteiger partial charge in [-0.25, -0.2) is 4.90 Å². The van der Waals surface area contributed by atoms with Crippen LogP contribution in [0.15, 0.2) is 78.0 Å². The van der Waals surface area contributed by atoms with Crippen molar-refractivity contribution in [2.45, 2.75) is 31.3 Å². The van der Waals surface area contributed by atoms with Crippen molar-refractivity contribution in [3.05, 3.63) is 95.1 Å². The molecule has 1 aliphatic rings. The highest BCUT2D eigenvalue weighted by atomic mass is 32.2. The number of aromatic nitrogens is 3. The van der Waals surface area contributed by atoms with Gasteiger partial charge >= 0.3 is 0 Å². The Morgan fingerprint density at radius 1 is 0.848 bits per heavy atom. The maximum Gasteiger partial charge on any atom is 0.266 e. The molecular weight excluding hydrogens is 432 g/mol. The Bertz CT molecular complexity index is 1330. The van der Waals surface area contributed by atoms with Crippen molar-refractivity contribution in [1.29, 1.82) is 0 Å². The van der Waals surface area contributed by atoms with Gasteiger partial charge in [-0.05, 0) is 55.8 Å². The second kappa shape index (κ2) is 8.67. The molecule has 0 radical (unpaired) electrons. The summed E-state index contributed by atoms with van der Waals surface area (Å²) in [5, 5.41) is 9.69. The van der Waals surface area contributed by atoms with Crippen molar-refractivity contribution < 1.29 is 9.59 Å². The number of aryl methyl sites for hydroxylation is 1. The van der Waals surface area contributed by atoms with Crippen molar-refractivity contribution in [2.24, 2.45) is 0 Å². The molecule has 0 saturated heterocycles. The molecular formula is C26H22N4O2S. The standard InChI is InChI=1S/C26H22N4O2S/c1-3-29-23(27-28-26(29)33-16-18-8-6-7-17(2)15-18)19-11-13-20(14-12-19)30-24(31)21-9-4-5-10-22(21)25(30)32/h4-15H,3,16H2,1-2H3. The number of amides is 2. The van der Waals surface area contributed by atoms with E-state index >= 15 is 0 Å². The lowest BCUT2D eigenvalue weighted by Gasteiger charge is -2.14. The van der Waals surface area contributed by atoms with Crippen LogP contribution in [-0.4, -0.2) is 26.6 Å². The van der Waals surface area contributed by atoms with Crippen LogP contribution >= 0.6 is 11.8 Å². The van der Waals surface area contributed by atoms with E-state index in [4.69, 9.17) is 0 Å². The van der Waals surface area contributed by atoms with Crippen LogP contribution in [0.1, 0.15) is 38.8 Å². The predicted octanol–water partition coefficient (Wildman–Crippen LogP) is 5.37. The van der Waals surface area contributed by atoms with Crippen LogP contribution in [0.25, 0.3) is 11.4 Å². The molecule has 0 bridgehead atoms. The molecule has 0 unspecified atom stereocenters. The van der Waals surface area contributed by atoms with E-state index in [0.717, 1.165) is 28.8 Å². The van der Waals surface area contributed by atoms with Crippen LogP contribution in [0.2, 0.25) is 0 Å². The highest BCUT2D eigenvalue weighted by molar-refractivity contribution is 7.98. The number of carbonyl (C=O) groups is 2. The van der Waals surface area contributed by atoms with Gasteiger partial charge in [0.1, 0.15) is 0 Å². The molecule has 5 rings (SSSR count). The SMILES string of the molecule is CCn1c(SCc2cccc(C)c2)nnc1-c1ccc(N2C(=O)c3ccccc3C2=O)cc1. The zero-order valence-corrected chi connectivity index (χ0v) is 19.2. The minimum absolute atomic E-state index is 0.296. The van der Waals surface area contributed by atoms with Gasteiger partial charge < -0.3 is 4.57 Å². The summed E-state index contributed by atoms with van der Waals surface area (Å²) in [6, 6.07) is 22.7. The van der Waals surface area contributed by atoms with E-state index in [0.29, 0.717) is 16.8 Å². The van der Waals surface area contributed by atoms with Gasteiger partial charge in [0.25, 0.3) is 11.8 Å². The minimum atomic E-state index is -0.296. The first-order valence-electron chi connectivity index (χ1n) is 10.8. The zero-order valence-electron chi connectivity index (χ0n) is 18.4. The number of rotatable bonds is 6. The number of fused-ring (bicyclic) bond motifs is 1. The first kappa shape index (κ1) is 21.2. The third-order valence-corrected chi connectivity index (χ3v) is 6.70. The molecule has 3 aromatic carbocycles. The molecule has 7 heteroatoms. The average molecular weight is 455 g/mol. The van der Waals surface area contributed by atoms with Gasteiger partial charge in [0.05, 0.1) is 16.8 Å². The summed E-state index contributed by atoms with van der Waals surface area (Å²) >= 11 is 1.66. The van der Waals surface area contributed by atoms with Crippen molar-refractivity contribution in [3.8, 4) is 11.4 Å². The van der Waals surface area contributed by atoms with Gasteiger partial charge in [-0.1, -0.05) is 53.7 Å². The molecule has 4 aromatic rings. The molecule has 2 heterocycles. The van der Waals surface area contributed by atoms with Gasteiger partial charge in [-0.3, -0.25) is 9.59 Å². The predicted molar refractivity (Wildman–Crippen MR) is 129 cm³/mol. The Kier molecular flexibility index (Phi) is 5.56. The molecule has 2 amide bonds. The summed E-state index contributed by atoms with van der Waals surface area (Å²) < 4.78 is 2.08. The molecule has 1 aliphatic heterocycles. The smallest absolute Gasteiger partial charge is 0.266 e. The summed E-state index contributed by atoms with van der Waals surface area (Å²) in [5.41, 5.74) is 4.79. The number of hydrogen-bond acceptors (Lipinski definition) is 5. The third-order valence-electron chi connectivity index (χ3n) is 5.66. The Labute approximate surface area is 196 Å². The second-order valence-electron chi connectivity index (χ2n) is 7.87. The molecule has 0 spiro atoms. The monoisotopic (exact) mass is 454 g/mol. The summed E-state index contributed by atoms with van der Waals surface area (Å²) in [4.78, 5) is 26.7. The number of imide groups is 1. The minimum Gasteiger partial charge on any atom is -0.302 e. The summed E-state index contributed by atoms with van der Waals surface area (Å²) in [6.07, 6.45) is 0. The summed E-state index contributed by atoms with van der Waals surface area (Å²) in [5.74, 6) is 0.987. The first-order chi connectivity index (χ1) is 16.1. The molecule has 164 valence electrons. The van der Waals surface area contributed by atoms with E-state index in [-0.39, 0.29) is 11.8 Å². The molecule has 0 atom stereocenters. The number of benzene rings is 3. The molecule has 33 heavy (non-hydrogen) atoms. The molecule has 0 aliphatic carbocycles. The Morgan fingerprint density at radius 2 is 1.55 bits per heavy atom. The van der Waals surface area contributed by atoms with E-state index in [9.17, 15) is 9.59 Å². The lowest BCUT2D eigenvalue weighted by atomic mass is 10.1. The van der Waals surface area contributed by atoms with E-state index in [1.807, 2.05) is 12.1 Å². The lowest BCUT2D eigenvalue weighted by Crippen LogP contribution is -2.29. The third kappa shape index (κ3) is 3.85. The second-order valence-corrected chi connectivity index (χ2v) is 8.81. The maximum atomic E-state index is 12.8. The Hall–Kier alpha value is -3.71.